The lowest BCUT2D eigenvalue weighted by molar-refractivity contribution is -0.117. The average Bonchev–Trinajstić information content (AvgIpc) is 3.41. The number of hydrogen-bond donors (Lipinski definition) is 1. The number of amides is 1. The maximum atomic E-state index is 12.6. The van der Waals surface area contributed by atoms with Crippen LogP contribution in [0.5, 0.6) is 5.75 Å². The molecule has 1 heterocycles. The number of benzene rings is 2. The lowest BCUT2D eigenvalue weighted by Gasteiger charge is -2.10. The number of aromatic nitrogens is 1. The molecule has 0 unspecified atom stereocenters. The monoisotopic (exact) mass is 413 g/mol. The molecule has 0 radical (unpaired) electrons. The summed E-state index contributed by atoms with van der Waals surface area (Å²) in [4.78, 5) is 12.6. The van der Waals surface area contributed by atoms with E-state index in [4.69, 9.17) is 4.74 Å². The smallest absolute Gasteiger partial charge is 0.262 e. The van der Waals surface area contributed by atoms with E-state index in [2.05, 4.69) is 16.0 Å². The number of nitrogens with one attached hydrogen (secondary N) is 1. The van der Waals surface area contributed by atoms with Gasteiger partial charge in [0.15, 0.2) is 0 Å². The van der Waals surface area contributed by atoms with E-state index in [0.717, 1.165) is 47.9 Å². The molecule has 3 aromatic rings. The topological polar surface area (TPSA) is 67.0 Å². The molecule has 5 nitrogen and oxygen atoms in total. The van der Waals surface area contributed by atoms with Crippen molar-refractivity contribution in [2.24, 2.45) is 0 Å². The Labute approximate surface area is 182 Å². The number of para-hydroxylation sites is 1. The van der Waals surface area contributed by atoms with Crippen LogP contribution in [0.25, 0.3) is 17.0 Å². The maximum Gasteiger partial charge on any atom is 0.262 e. The van der Waals surface area contributed by atoms with E-state index in [-0.39, 0.29) is 17.5 Å². The summed E-state index contributed by atoms with van der Waals surface area (Å²) >= 11 is 0. The molecule has 0 saturated heterocycles. The third-order valence-corrected chi connectivity index (χ3v) is 5.80. The van der Waals surface area contributed by atoms with Crippen LogP contribution in [0.4, 0.5) is 0 Å². The molecule has 0 bridgehead atoms. The molecule has 1 N–H and O–H groups in total. The second-order valence-corrected chi connectivity index (χ2v) is 8.08. The Morgan fingerprint density at radius 2 is 1.94 bits per heavy atom. The molecule has 0 aliphatic heterocycles. The SMILES string of the molecule is Cc1ccc(OCCn2cc(/C=C(\C#N)C(=O)NC3CCCC3)c3ccccc32)cc1. The van der Waals surface area contributed by atoms with Crippen LogP contribution in [0.15, 0.2) is 60.3 Å². The number of ether oxygens (including phenoxy) is 1. The Morgan fingerprint density at radius 3 is 2.68 bits per heavy atom. The standard InChI is InChI=1S/C26H27N3O2/c1-19-10-12-23(13-11-19)31-15-14-29-18-21(24-8-4-5-9-25(24)29)16-20(17-27)26(30)28-22-6-2-3-7-22/h4-5,8-13,16,18,22H,2-3,6-7,14-15H2,1H3,(H,28,30)/b20-16+. The number of carbonyl (C=O) groups excluding carboxylic acids is 1. The summed E-state index contributed by atoms with van der Waals surface area (Å²) in [5.74, 6) is 0.562. The summed E-state index contributed by atoms with van der Waals surface area (Å²) in [6.07, 6.45) is 7.94. The van der Waals surface area contributed by atoms with Gasteiger partial charge in [-0.05, 0) is 44.0 Å². The summed E-state index contributed by atoms with van der Waals surface area (Å²) < 4.78 is 8.00. The van der Waals surface area contributed by atoms with Gasteiger partial charge in [-0.15, -0.1) is 0 Å². The van der Waals surface area contributed by atoms with Crippen molar-refractivity contribution >= 4 is 22.9 Å². The molecule has 1 fully saturated rings. The molecule has 0 atom stereocenters. The van der Waals surface area contributed by atoms with E-state index in [1.54, 1.807) is 6.08 Å². The normalized spacial score (nSPS) is 14.5. The molecule has 4 rings (SSSR count). The van der Waals surface area contributed by atoms with Gasteiger partial charge in [0.1, 0.15) is 24.0 Å². The number of rotatable bonds is 7. The minimum Gasteiger partial charge on any atom is -0.492 e. The first kappa shape index (κ1) is 20.7. The fraction of sp³-hybridized carbons (Fsp3) is 0.308. The van der Waals surface area contributed by atoms with Crippen LogP contribution in [0.3, 0.4) is 0 Å². The molecule has 2 aromatic carbocycles. The summed E-state index contributed by atoms with van der Waals surface area (Å²) in [5.41, 5.74) is 3.26. The van der Waals surface area contributed by atoms with E-state index >= 15 is 0 Å². The lowest BCUT2D eigenvalue weighted by Crippen LogP contribution is -2.33. The van der Waals surface area contributed by atoms with E-state index < -0.39 is 0 Å². The van der Waals surface area contributed by atoms with Crippen molar-refractivity contribution in [2.75, 3.05) is 6.61 Å². The number of aryl methyl sites for hydroxylation is 1. The molecule has 1 amide bonds. The number of nitriles is 1. The van der Waals surface area contributed by atoms with Gasteiger partial charge < -0.3 is 14.6 Å². The zero-order chi connectivity index (χ0) is 21.6. The minimum atomic E-state index is -0.283. The molecular formula is C26H27N3O2. The van der Waals surface area contributed by atoms with Gasteiger partial charge in [0, 0.05) is 28.7 Å². The highest BCUT2D eigenvalue weighted by atomic mass is 16.5. The fourth-order valence-corrected chi connectivity index (χ4v) is 4.11. The van der Waals surface area contributed by atoms with Crippen LogP contribution in [-0.2, 0) is 11.3 Å². The zero-order valence-electron chi connectivity index (χ0n) is 17.8. The molecular weight excluding hydrogens is 386 g/mol. The van der Waals surface area contributed by atoms with Crippen LogP contribution >= 0.6 is 0 Å². The Morgan fingerprint density at radius 1 is 1.19 bits per heavy atom. The molecule has 31 heavy (non-hydrogen) atoms. The summed E-state index contributed by atoms with van der Waals surface area (Å²) in [5, 5.41) is 13.6. The van der Waals surface area contributed by atoms with Crippen LogP contribution in [0.1, 0.15) is 36.8 Å². The largest absolute Gasteiger partial charge is 0.492 e. The summed E-state index contributed by atoms with van der Waals surface area (Å²) in [7, 11) is 0. The van der Waals surface area contributed by atoms with E-state index in [1.165, 1.54) is 5.56 Å². The first-order chi connectivity index (χ1) is 15.1. The van der Waals surface area contributed by atoms with Gasteiger partial charge in [-0.25, -0.2) is 0 Å². The van der Waals surface area contributed by atoms with Gasteiger partial charge in [-0.3, -0.25) is 4.79 Å². The highest BCUT2D eigenvalue weighted by molar-refractivity contribution is 6.04. The van der Waals surface area contributed by atoms with Crippen LogP contribution in [-0.4, -0.2) is 23.1 Å². The first-order valence-electron chi connectivity index (χ1n) is 10.8. The highest BCUT2D eigenvalue weighted by Gasteiger charge is 2.19. The zero-order valence-corrected chi connectivity index (χ0v) is 17.8. The predicted molar refractivity (Wildman–Crippen MR) is 123 cm³/mol. The van der Waals surface area contributed by atoms with E-state index in [1.807, 2.05) is 61.7 Å². The quantitative estimate of drug-likeness (QED) is 0.438. The van der Waals surface area contributed by atoms with Crippen LogP contribution in [0, 0.1) is 18.3 Å². The molecule has 1 aliphatic rings. The minimum absolute atomic E-state index is 0.144. The number of hydrogen-bond acceptors (Lipinski definition) is 3. The summed E-state index contributed by atoms with van der Waals surface area (Å²) in [6.45, 7) is 3.24. The van der Waals surface area contributed by atoms with Crippen molar-refractivity contribution in [1.82, 2.24) is 9.88 Å². The first-order valence-corrected chi connectivity index (χ1v) is 10.8. The molecule has 1 saturated carbocycles. The predicted octanol–water partition coefficient (Wildman–Crippen LogP) is 4.99. The van der Waals surface area contributed by atoms with Gasteiger partial charge in [0.05, 0.1) is 6.54 Å². The van der Waals surface area contributed by atoms with E-state index in [9.17, 15) is 10.1 Å². The third-order valence-electron chi connectivity index (χ3n) is 5.80. The Hall–Kier alpha value is -3.52. The molecule has 5 heteroatoms. The highest BCUT2D eigenvalue weighted by Crippen LogP contribution is 2.24. The Balaban J connectivity index is 1.52. The van der Waals surface area contributed by atoms with Crippen molar-refractivity contribution in [3.63, 3.8) is 0 Å². The molecule has 158 valence electrons. The van der Waals surface area contributed by atoms with Crippen LogP contribution < -0.4 is 10.1 Å². The van der Waals surface area contributed by atoms with E-state index in [0.29, 0.717) is 13.2 Å². The maximum absolute atomic E-state index is 12.6. The fourth-order valence-electron chi connectivity index (χ4n) is 4.11. The number of carbonyl (C=O) groups is 1. The third kappa shape index (κ3) is 4.97. The number of nitrogens with zero attached hydrogens (tertiary/aromatic N) is 2. The number of fused-ring (bicyclic) bond motifs is 1. The lowest BCUT2D eigenvalue weighted by atomic mass is 10.1. The van der Waals surface area contributed by atoms with Crippen molar-refractivity contribution in [3.05, 3.63) is 71.4 Å². The van der Waals surface area contributed by atoms with Crippen molar-refractivity contribution in [3.8, 4) is 11.8 Å². The van der Waals surface area contributed by atoms with Crippen molar-refractivity contribution < 1.29 is 9.53 Å². The second kappa shape index (κ2) is 9.53. The Bertz CT molecular complexity index is 1130. The van der Waals surface area contributed by atoms with Gasteiger partial charge in [0.25, 0.3) is 5.91 Å². The van der Waals surface area contributed by atoms with Crippen molar-refractivity contribution in [2.45, 2.75) is 45.2 Å². The molecule has 0 spiro atoms. The molecule has 1 aromatic heterocycles. The van der Waals surface area contributed by atoms with Gasteiger partial charge >= 0.3 is 0 Å². The van der Waals surface area contributed by atoms with Gasteiger partial charge in [0.2, 0.25) is 0 Å². The van der Waals surface area contributed by atoms with Crippen molar-refractivity contribution in [1.29, 1.82) is 5.26 Å². The summed E-state index contributed by atoms with van der Waals surface area (Å²) in [6, 6.07) is 18.3. The second-order valence-electron chi connectivity index (χ2n) is 8.08. The Kier molecular flexibility index (Phi) is 6.37. The average molecular weight is 414 g/mol. The van der Waals surface area contributed by atoms with Gasteiger partial charge in [-0.2, -0.15) is 5.26 Å². The van der Waals surface area contributed by atoms with Gasteiger partial charge in [-0.1, -0.05) is 48.7 Å². The molecule has 1 aliphatic carbocycles. The van der Waals surface area contributed by atoms with Crippen LogP contribution in [0.2, 0.25) is 0 Å².